The van der Waals surface area contributed by atoms with Gasteiger partial charge in [0.1, 0.15) is 0 Å². The number of nitrogens with zero attached hydrogens (tertiary/aromatic N) is 5. The van der Waals surface area contributed by atoms with Crippen molar-refractivity contribution < 1.29 is 9.21 Å². The van der Waals surface area contributed by atoms with Crippen molar-refractivity contribution in [3.05, 3.63) is 35.8 Å². The molecule has 0 unspecified atom stereocenters. The summed E-state index contributed by atoms with van der Waals surface area (Å²) in [6.45, 7) is 5.91. The van der Waals surface area contributed by atoms with Crippen LogP contribution in [0, 0.1) is 0 Å². The van der Waals surface area contributed by atoms with Crippen molar-refractivity contribution in [3.8, 4) is 10.8 Å². The van der Waals surface area contributed by atoms with Gasteiger partial charge in [-0.15, -0.1) is 21.5 Å². The van der Waals surface area contributed by atoms with E-state index in [4.69, 9.17) is 4.42 Å². The van der Waals surface area contributed by atoms with Crippen LogP contribution in [-0.4, -0.2) is 42.9 Å². The van der Waals surface area contributed by atoms with Crippen LogP contribution < -0.4 is 0 Å². The van der Waals surface area contributed by atoms with Crippen LogP contribution in [0.15, 0.2) is 39.5 Å². The molecule has 0 bridgehead atoms. The lowest BCUT2D eigenvalue weighted by Gasteiger charge is -2.20. The Balaban J connectivity index is 1.62. The Morgan fingerprint density at radius 3 is 3.00 bits per heavy atom. The molecule has 0 atom stereocenters. The average molecular weight is 392 g/mol. The molecule has 3 aromatic heterocycles. The first kappa shape index (κ1) is 18.7. The summed E-state index contributed by atoms with van der Waals surface area (Å²) in [4.78, 5) is 19.6. The molecular weight excluding hydrogens is 370 g/mol. The zero-order chi connectivity index (χ0) is 18.4. The predicted molar refractivity (Wildman–Crippen MR) is 102 cm³/mol. The van der Waals surface area contributed by atoms with E-state index in [0.29, 0.717) is 30.6 Å². The van der Waals surface area contributed by atoms with Crippen LogP contribution in [0.3, 0.4) is 0 Å². The summed E-state index contributed by atoms with van der Waals surface area (Å²) in [6, 6.07) is 3.87. The van der Waals surface area contributed by atoms with Gasteiger partial charge in [0.25, 0.3) is 5.89 Å². The molecule has 0 aromatic carbocycles. The lowest BCUT2D eigenvalue weighted by atomic mass is 10.4. The molecule has 0 radical (unpaired) electrons. The quantitative estimate of drug-likeness (QED) is 0.519. The summed E-state index contributed by atoms with van der Waals surface area (Å²) >= 11 is 3.00. The first-order valence-electron chi connectivity index (χ1n) is 8.49. The van der Waals surface area contributed by atoms with E-state index < -0.39 is 0 Å². The second-order valence-electron chi connectivity index (χ2n) is 5.58. The molecular formula is C17H21N5O2S2. The molecule has 0 saturated carbocycles. The Labute approximate surface area is 160 Å². The Morgan fingerprint density at radius 2 is 2.27 bits per heavy atom. The number of carbonyl (C=O) groups excluding carboxylic acids is 1. The molecule has 3 aromatic rings. The highest BCUT2D eigenvalue weighted by Crippen LogP contribution is 2.23. The Kier molecular flexibility index (Phi) is 6.45. The van der Waals surface area contributed by atoms with Gasteiger partial charge < -0.3 is 13.9 Å². The number of amides is 1. The highest BCUT2D eigenvalue weighted by molar-refractivity contribution is 7.99. The van der Waals surface area contributed by atoms with Gasteiger partial charge in [0.05, 0.1) is 17.2 Å². The summed E-state index contributed by atoms with van der Waals surface area (Å²) in [6.07, 6.45) is 4.54. The number of thioether (sulfide) groups is 1. The monoisotopic (exact) mass is 391 g/mol. The van der Waals surface area contributed by atoms with Gasteiger partial charge >= 0.3 is 0 Å². The largest absolute Gasteiger partial charge is 0.418 e. The number of imidazole rings is 1. The topological polar surface area (TPSA) is 77.1 Å². The lowest BCUT2D eigenvalue weighted by Crippen LogP contribution is -2.32. The van der Waals surface area contributed by atoms with E-state index in [-0.39, 0.29) is 5.91 Å². The fourth-order valence-corrected chi connectivity index (χ4v) is 4.01. The van der Waals surface area contributed by atoms with Crippen LogP contribution in [0.4, 0.5) is 0 Å². The standard InChI is InChI=1S/C17H21N5O2S2/c1-3-8-22(15(23)12-26-17-18-7-9-21(17)4-2)11-14-19-20-16(24-14)13-6-5-10-25-13/h5-7,9-10H,3-4,8,11-12H2,1-2H3. The number of rotatable bonds is 9. The first-order chi connectivity index (χ1) is 12.7. The Bertz CT molecular complexity index is 828. The van der Waals surface area contributed by atoms with Gasteiger partial charge in [-0.2, -0.15) is 0 Å². The Hall–Kier alpha value is -2.13. The smallest absolute Gasteiger partial charge is 0.257 e. The third kappa shape index (κ3) is 4.53. The normalized spacial score (nSPS) is 11.0. The molecule has 1 amide bonds. The van der Waals surface area contributed by atoms with Crippen molar-refractivity contribution in [3.63, 3.8) is 0 Å². The van der Waals surface area contributed by atoms with E-state index in [0.717, 1.165) is 23.0 Å². The van der Waals surface area contributed by atoms with Crippen LogP contribution >= 0.6 is 23.1 Å². The van der Waals surface area contributed by atoms with Gasteiger partial charge in [-0.05, 0) is 24.8 Å². The zero-order valence-corrected chi connectivity index (χ0v) is 16.4. The first-order valence-corrected chi connectivity index (χ1v) is 10.4. The summed E-state index contributed by atoms with van der Waals surface area (Å²) in [5, 5.41) is 11.0. The number of hydrogen-bond donors (Lipinski definition) is 0. The number of aromatic nitrogens is 4. The maximum atomic E-state index is 12.6. The van der Waals surface area contributed by atoms with Gasteiger partial charge in [-0.25, -0.2) is 4.98 Å². The van der Waals surface area contributed by atoms with Crippen molar-refractivity contribution in [2.24, 2.45) is 0 Å². The fourth-order valence-electron chi connectivity index (χ4n) is 2.44. The van der Waals surface area contributed by atoms with Crippen LogP contribution in [0.1, 0.15) is 26.2 Å². The van der Waals surface area contributed by atoms with Crippen molar-refractivity contribution in [1.82, 2.24) is 24.6 Å². The Morgan fingerprint density at radius 1 is 1.38 bits per heavy atom. The lowest BCUT2D eigenvalue weighted by molar-refractivity contribution is -0.129. The molecule has 9 heteroatoms. The molecule has 26 heavy (non-hydrogen) atoms. The highest BCUT2D eigenvalue weighted by atomic mass is 32.2. The molecule has 0 aliphatic rings. The van der Waals surface area contributed by atoms with Gasteiger partial charge in [0, 0.05) is 25.5 Å². The molecule has 3 heterocycles. The summed E-state index contributed by atoms with van der Waals surface area (Å²) in [5.41, 5.74) is 0. The molecule has 7 nitrogen and oxygen atoms in total. The van der Waals surface area contributed by atoms with Crippen LogP contribution in [0.25, 0.3) is 10.8 Å². The van der Waals surface area contributed by atoms with E-state index in [9.17, 15) is 4.79 Å². The third-order valence-electron chi connectivity index (χ3n) is 3.71. The summed E-state index contributed by atoms with van der Waals surface area (Å²) in [5.74, 6) is 1.33. The van der Waals surface area contributed by atoms with Gasteiger partial charge in [-0.3, -0.25) is 4.79 Å². The number of aryl methyl sites for hydroxylation is 1. The molecule has 0 aliphatic heterocycles. The van der Waals surface area contributed by atoms with Crippen molar-refractivity contribution >= 4 is 29.0 Å². The number of carbonyl (C=O) groups is 1. The van der Waals surface area contributed by atoms with E-state index >= 15 is 0 Å². The molecule has 3 rings (SSSR count). The molecule has 0 spiro atoms. The SMILES string of the molecule is CCCN(Cc1nnc(-c2cccs2)o1)C(=O)CSc1nccn1CC. The predicted octanol–water partition coefficient (Wildman–Crippen LogP) is 3.55. The van der Waals surface area contributed by atoms with E-state index in [1.54, 1.807) is 22.4 Å². The molecule has 0 fully saturated rings. The maximum Gasteiger partial charge on any atom is 0.257 e. The molecule has 0 N–H and O–H groups in total. The van der Waals surface area contributed by atoms with E-state index in [1.807, 2.05) is 35.2 Å². The summed E-state index contributed by atoms with van der Waals surface area (Å²) < 4.78 is 7.73. The minimum Gasteiger partial charge on any atom is -0.418 e. The maximum absolute atomic E-state index is 12.6. The molecule has 0 saturated heterocycles. The number of hydrogen-bond acceptors (Lipinski definition) is 7. The minimum absolute atomic E-state index is 0.0402. The van der Waals surface area contributed by atoms with Crippen LogP contribution in [0.2, 0.25) is 0 Å². The van der Waals surface area contributed by atoms with Crippen molar-refractivity contribution in [2.75, 3.05) is 12.3 Å². The molecule has 0 aliphatic carbocycles. The highest BCUT2D eigenvalue weighted by Gasteiger charge is 2.18. The van der Waals surface area contributed by atoms with Crippen molar-refractivity contribution in [2.45, 2.75) is 38.5 Å². The molecule has 138 valence electrons. The second-order valence-corrected chi connectivity index (χ2v) is 7.47. The van der Waals surface area contributed by atoms with Gasteiger partial charge in [0.15, 0.2) is 5.16 Å². The van der Waals surface area contributed by atoms with Crippen LogP contribution in [0.5, 0.6) is 0 Å². The van der Waals surface area contributed by atoms with E-state index in [2.05, 4.69) is 22.1 Å². The average Bonchev–Trinajstić information content (AvgIpc) is 3.39. The van der Waals surface area contributed by atoms with Gasteiger partial charge in [-0.1, -0.05) is 24.8 Å². The number of thiophene rings is 1. The van der Waals surface area contributed by atoms with E-state index in [1.165, 1.54) is 11.8 Å². The second kappa shape index (κ2) is 9.00. The third-order valence-corrected chi connectivity index (χ3v) is 5.56. The van der Waals surface area contributed by atoms with Crippen molar-refractivity contribution in [1.29, 1.82) is 0 Å². The fraction of sp³-hybridized carbons (Fsp3) is 0.412. The minimum atomic E-state index is 0.0402. The summed E-state index contributed by atoms with van der Waals surface area (Å²) in [7, 11) is 0. The zero-order valence-electron chi connectivity index (χ0n) is 14.8. The van der Waals surface area contributed by atoms with Gasteiger partial charge in [0.2, 0.25) is 11.8 Å². The van der Waals surface area contributed by atoms with Crippen LogP contribution in [-0.2, 0) is 17.9 Å².